The Hall–Kier alpha value is -2.94. The van der Waals surface area contributed by atoms with Crippen molar-refractivity contribution in [1.82, 2.24) is 4.98 Å². The molecule has 3 heteroatoms. The normalized spacial score (nSPS) is 14.1. The van der Waals surface area contributed by atoms with Crippen LogP contribution in [-0.2, 0) is 6.42 Å². The van der Waals surface area contributed by atoms with Crippen LogP contribution >= 0.6 is 0 Å². The molecular weight excluding hydrogens is 430 g/mol. The molecule has 0 atom stereocenters. The van der Waals surface area contributed by atoms with Crippen LogP contribution in [0.25, 0.3) is 11.3 Å². The van der Waals surface area contributed by atoms with Gasteiger partial charge in [-0.2, -0.15) is 0 Å². The Morgan fingerprint density at radius 2 is 1.54 bits per heavy atom. The first-order valence-electron chi connectivity index (χ1n) is 13.6. The van der Waals surface area contributed by atoms with Gasteiger partial charge in [-0.3, -0.25) is 4.98 Å². The fourth-order valence-corrected chi connectivity index (χ4v) is 5.04. The second-order valence-corrected chi connectivity index (χ2v) is 9.94. The van der Waals surface area contributed by atoms with E-state index in [0.717, 1.165) is 17.7 Å². The molecular formula is C32H39NO2. The number of unbranched alkanes of at least 4 members (excludes halogenated alkanes) is 5. The quantitative estimate of drug-likeness (QED) is 0.160. The number of benzene rings is 2. The number of pyridine rings is 1. The Morgan fingerprint density at radius 1 is 0.829 bits per heavy atom. The van der Waals surface area contributed by atoms with Gasteiger partial charge in [-0.05, 0) is 85.2 Å². The Kier molecular flexibility index (Phi) is 9.51. The maximum Gasteiger partial charge on any atom is 0.343 e. The zero-order chi connectivity index (χ0) is 24.3. The van der Waals surface area contributed by atoms with Crippen molar-refractivity contribution in [2.75, 3.05) is 0 Å². The number of carbonyl (C=O) groups excluding carboxylic acids is 1. The summed E-state index contributed by atoms with van der Waals surface area (Å²) in [5.41, 5.74) is 5.19. The van der Waals surface area contributed by atoms with E-state index in [1.807, 2.05) is 42.6 Å². The summed E-state index contributed by atoms with van der Waals surface area (Å²) in [6.07, 6.45) is 17.4. The maximum absolute atomic E-state index is 12.6. The molecule has 4 rings (SSSR count). The maximum atomic E-state index is 12.6. The van der Waals surface area contributed by atoms with E-state index in [9.17, 15) is 4.79 Å². The van der Waals surface area contributed by atoms with Gasteiger partial charge in [-0.1, -0.05) is 76.5 Å². The number of hydrogen-bond acceptors (Lipinski definition) is 3. The Balaban J connectivity index is 1.27. The van der Waals surface area contributed by atoms with Crippen LogP contribution in [0.2, 0.25) is 0 Å². The van der Waals surface area contributed by atoms with E-state index in [-0.39, 0.29) is 5.97 Å². The molecule has 1 aliphatic carbocycles. The average Bonchev–Trinajstić information content (AvgIpc) is 2.92. The lowest BCUT2D eigenvalue weighted by Gasteiger charge is -2.21. The molecule has 1 heterocycles. The predicted molar refractivity (Wildman–Crippen MR) is 144 cm³/mol. The molecule has 1 fully saturated rings. The minimum absolute atomic E-state index is 0.315. The Bertz CT molecular complexity index is 1030. The lowest BCUT2D eigenvalue weighted by Crippen LogP contribution is -2.09. The molecule has 0 radical (unpaired) electrons. The molecule has 0 unspecified atom stereocenters. The van der Waals surface area contributed by atoms with Gasteiger partial charge in [0.15, 0.2) is 0 Å². The van der Waals surface area contributed by atoms with Crippen LogP contribution in [0.15, 0.2) is 66.9 Å². The van der Waals surface area contributed by atoms with Crippen molar-refractivity contribution in [2.24, 2.45) is 0 Å². The van der Waals surface area contributed by atoms with E-state index in [1.54, 1.807) is 0 Å². The molecule has 35 heavy (non-hydrogen) atoms. The number of ether oxygens (including phenoxy) is 1. The number of esters is 1. The first-order chi connectivity index (χ1) is 17.2. The van der Waals surface area contributed by atoms with Crippen molar-refractivity contribution < 1.29 is 9.53 Å². The molecule has 0 aliphatic heterocycles. The van der Waals surface area contributed by atoms with E-state index in [1.165, 1.54) is 81.8 Å². The summed E-state index contributed by atoms with van der Waals surface area (Å²) in [6.45, 7) is 2.25. The molecule has 1 aliphatic rings. The number of aromatic nitrogens is 1. The van der Waals surface area contributed by atoms with Crippen LogP contribution in [0.4, 0.5) is 0 Å². The Morgan fingerprint density at radius 3 is 2.23 bits per heavy atom. The summed E-state index contributed by atoms with van der Waals surface area (Å²) in [5, 5.41) is 0. The van der Waals surface area contributed by atoms with Crippen LogP contribution in [0, 0.1) is 0 Å². The van der Waals surface area contributed by atoms with E-state index in [2.05, 4.69) is 36.2 Å². The fourth-order valence-electron chi connectivity index (χ4n) is 5.04. The fraction of sp³-hybridized carbons (Fsp3) is 0.438. The summed E-state index contributed by atoms with van der Waals surface area (Å²) in [5.74, 6) is 0.875. The number of nitrogens with zero attached hydrogens (tertiary/aromatic N) is 1. The van der Waals surface area contributed by atoms with Crippen LogP contribution in [-0.4, -0.2) is 11.0 Å². The van der Waals surface area contributed by atoms with E-state index >= 15 is 0 Å². The third kappa shape index (κ3) is 7.52. The van der Waals surface area contributed by atoms with Gasteiger partial charge >= 0.3 is 5.97 Å². The molecule has 1 aromatic heterocycles. The number of hydrogen-bond donors (Lipinski definition) is 0. The SMILES string of the molecule is CCCCCCCCc1ccc(-c2ccc(OC(=O)c3ccc(C4CCCCC4)cc3)cc2)nc1. The third-order valence-corrected chi connectivity index (χ3v) is 7.23. The summed E-state index contributed by atoms with van der Waals surface area (Å²) in [7, 11) is 0. The highest BCUT2D eigenvalue weighted by atomic mass is 16.5. The summed E-state index contributed by atoms with van der Waals surface area (Å²) >= 11 is 0. The van der Waals surface area contributed by atoms with Crippen molar-refractivity contribution in [3.63, 3.8) is 0 Å². The molecule has 184 valence electrons. The van der Waals surface area contributed by atoms with Crippen molar-refractivity contribution in [2.45, 2.75) is 89.9 Å². The standard InChI is InChI=1S/C32H39NO2/c1-2-3-4-5-6-8-11-25-14-23-31(33-24-25)28-19-21-30(22-20-28)35-32(34)29-17-15-27(16-18-29)26-12-9-7-10-13-26/h14-24,26H,2-13H2,1H3. The second kappa shape index (κ2) is 13.2. The summed E-state index contributed by atoms with van der Waals surface area (Å²) in [4.78, 5) is 17.3. The topological polar surface area (TPSA) is 39.2 Å². The first kappa shape index (κ1) is 25.2. The molecule has 1 saturated carbocycles. The molecule has 0 spiro atoms. The minimum atomic E-state index is -0.315. The minimum Gasteiger partial charge on any atom is -0.423 e. The first-order valence-corrected chi connectivity index (χ1v) is 13.6. The van der Waals surface area contributed by atoms with Gasteiger partial charge in [0, 0.05) is 11.8 Å². The molecule has 0 saturated heterocycles. The molecule has 0 bridgehead atoms. The molecule has 0 amide bonds. The number of carbonyl (C=O) groups is 1. The van der Waals surface area contributed by atoms with Gasteiger partial charge in [0.25, 0.3) is 0 Å². The molecule has 3 aromatic rings. The van der Waals surface area contributed by atoms with Gasteiger partial charge in [0.2, 0.25) is 0 Å². The van der Waals surface area contributed by atoms with Crippen LogP contribution < -0.4 is 4.74 Å². The highest BCUT2D eigenvalue weighted by Crippen LogP contribution is 2.32. The van der Waals surface area contributed by atoms with Crippen molar-refractivity contribution in [3.8, 4) is 17.0 Å². The predicted octanol–water partition coefficient (Wildman–Crippen LogP) is 8.92. The van der Waals surface area contributed by atoms with Crippen LogP contribution in [0.3, 0.4) is 0 Å². The van der Waals surface area contributed by atoms with Crippen molar-refractivity contribution in [3.05, 3.63) is 83.6 Å². The van der Waals surface area contributed by atoms with E-state index in [0.29, 0.717) is 17.2 Å². The van der Waals surface area contributed by atoms with E-state index in [4.69, 9.17) is 4.74 Å². The molecule has 3 nitrogen and oxygen atoms in total. The van der Waals surface area contributed by atoms with Gasteiger partial charge < -0.3 is 4.74 Å². The van der Waals surface area contributed by atoms with Crippen LogP contribution in [0.1, 0.15) is 105 Å². The van der Waals surface area contributed by atoms with Crippen molar-refractivity contribution in [1.29, 1.82) is 0 Å². The van der Waals surface area contributed by atoms with Gasteiger partial charge in [0.1, 0.15) is 5.75 Å². The lowest BCUT2D eigenvalue weighted by atomic mass is 9.84. The van der Waals surface area contributed by atoms with Gasteiger partial charge in [-0.25, -0.2) is 4.79 Å². The molecule has 0 N–H and O–H groups in total. The molecule has 2 aromatic carbocycles. The van der Waals surface area contributed by atoms with Crippen molar-refractivity contribution >= 4 is 5.97 Å². The highest BCUT2D eigenvalue weighted by Gasteiger charge is 2.16. The number of rotatable bonds is 11. The second-order valence-electron chi connectivity index (χ2n) is 9.94. The Labute approximate surface area is 211 Å². The average molecular weight is 470 g/mol. The monoisotopic (exact) mass is 469 g/mol. The smallest absolute Gasteiger partial charge is 0.343 e. The largest absolute Gasteiger partial charge is 0.423 e. The number of aryl methyl sites for hydroxylation is 1. The highest BCUT2D eigenvalue weighted by molar-refractivity contribution is 5.91. The summed E-state index contributed by atoms with van der Waals surface area (Å²) < 4.78 is 5.62. The van der Waals surface area contributed by atoms with Crippen LogP contribution in [0.5, 0.6) is 5.75 Å². The lowest BCUT2D eigenvalue weighted by molar-refractivity contribution is 0.0734. The van der Waals surface area contributed by atoms with Gasteiger partial charge in [-0.15, -0.1) is 0 Å². The zero-order valence-electron chi connectivity index (χ0n) is 21.2. The van der Waals surface area contributed by atoms with Gasteiger partial charge in [0.05, 0.1) is 11.3 Å². The van der Waals surface area contributed by atoms with E-state index < -0.39 is 0 Å². The zero-order valence-corrected chi connectivity index (χ0v) is 21.2. The summed E-state index contributed by atoms with van der Waals surface area (Å²) in [6, 6.07) is 19.9. The third-order valence-electron chi connectivity index (χ3n) is 7.23.